The van der Waals surface area contributed by atoms with Crippen LogP contribution in [0.2, 0.25) is 0 Å². The molecule has 3 aromatic rings. The van der Waals surface area contributed by atoms with E-state index in [0.29, 0.717) is 24.2 Å². The molecular weight excluding hydrogens is 490 g/mol. The highest BCUT2D eigenvalue weighted by Gasteiger charge is 2.32. The molecule has 1 aromatic carbocycles. The van der Waals surface area contributed by atoms with Gasteiger partial charge in [0.1, 0.15) is 12.0 Å². The van der Waals surface area contributed by atoms with Crippen LogP contribution in [0.3, 0.4) is 0 Å². The van der Waals surface area contributed by atoms with Crippen LogP contribution in [0.5, 0.6) is 0 Å². The highest BCUT2D eigenvalue weighted by molar-refractivity contribution is 5.95. The monoisotopic (exact) mass is 522 g/mol. The molecule has 0 spiro atoms. The van der Waals surface area contributed by atoms with Crippen LogP contribution in [0.1, 0.15) is 41.6 Å². The molecule has 0 bridgehead atoms. The topological polar surface area (TPSA) is 84.3 Å². The first-order valence-corrected chi connectivity index (χ1v) is 13.3. The maximum absolute atomic E-state index is 15.0. The lowest BCUT2D eigenvalue weighted by Crippen LogP contribution is -2.51. The molecule has 3 fully saturated rings. The maximum Gasteiger partial charge on any atom is 0.254 e. The Kier molecular flexibility index (Phi) is 6.84. The van der Waals surface area contributed by atoms with Gasteiger partial charge in [0.15, 0.2) is 0 Å². The molecule has 1 saturated carbocycles. The number of nitrogens with one attached hydrogen (secondary N) is 2. The van der Waals surface area contributed by atoms with E-state index in [-0.39, 0.29) is 23.8 Å². The summed E-state index contributed by atoms with van der Waals surface area (Å²) in [6.45, 7) is 4.62. The molecule has 3 aliphatic rings. The molecule has 3 atom stereocenters. The van der Waals surface area contributed by atoms with Crippen LogP contribution in [0.25, 0.3) is 16.8 Å². The molecule has 2 N–H and O–H groups in total. The van der Waals surface area contributed by atoms with Gasteiger partial charge in [0.25, 0.3) is 5.91 Å². The number of amides is 1. The number of carbonyl (C=O) groups is 1. The van der Waals surface area contributed by atoms with Crippen LogP contribution in [0.4, 0.5) is 14.5 Å². The SMILES string of the molecule is Cc1cc(F)c(C(=O)NC2CC2)cc1-n1cc(-c2cncc(NC3CCN(CC4CCO4)CC3F)c2)cn1. The lowest BCUT2D eigenvalue weighted by atomic mass is 10.0. The number of pyridine rings is 1. The lowest BCUT2D eigenvalue weighted by molar-refractivity contribution is -0.0722. The Morgan fingerprint density at radius 1 is 1.13 bits per heavy atom. The number of aryl methyl sites for hydroxylation is 1. The van der Waals surface area contributed by atoms with Gasteiger partial charge in [-0.15, -0.1) is 0 Å². The minimum Gasteiger partial charge on any atom is -0.378 e. The number of likely N-dealkylation sites (tertiary alicyclic amines) is 1. The van der Waals surface area contributed by atoms with Gasteiger partial charge >= 0.3 is 0 Å². The number of piperidine rings is 1. The van der Waals surface area contributed by atoms with Gasteiger partial charge in [0, 0.05) is 62.0 Å². The van der Waals surface area contributed by atoms with Crippen molar-refractivity contribution in [3.05, 3.63) is 59.9 Å². The summed E-state index contributed by atoms with van der Waals surface area (Å²) in [4.78, 5) is 19.0. The molecule has 10 heteroatoms. The number of halogens is 2. The normalized spacial score (nSPS) is 23.6. The zero-order valence-corrected chi connectivity index (χ0v) is 21.4. The Morgan fingerprint density at radius 2 is 1.97 bits per heavy atom. The minimum absolute atomic E-state index is 0.00875. The van der Waals surface area contributed by atoms with Gasteiger partial charge in [0.2, 0.25) is 0 Å². The van der Waals surface area contributed by atoms with Crippen molar-refractivity contribution in [3.63, 3.8) is 0 Å². The summed E-state index contributed by atoms with van der Waals surface area (Å²) >= 11 is 0. The molecule has 2 aliphatic heterocycles. The van der Waals surface area contributed by atoms with Crippen LogP contribution < -0.4 is 10.6 Å². The van der Waals surface area contributed by atoms with Gasteiger partial charge < -0.3 is 15.4 Å². The van der Waals surface area contributed by atoms with E-state index in [1.165, 1.54) is 6.07 Å². The summed E-state index contributed by atoms with van der Waals surface area (Å²) in [7, 11) is 0. The number of carbonyl (C=O) groups excluding carboxylic acids is 1. The third-order valence-electron chi connectivity index (χ3n) is 7.58. The number of ether oxygens (including phenoxy) is 1. The zero-order valence-electron chi connectivity index (χ0n) is 21.4. The number of alkyl halides is 1. The quantitative estimate of drug-likeness (QED) is 0.467. The summed E-state index contributed by atoms with van der Waals surface area (Å²) in [6.07, 6.45) is 9.83. The standard InChI is InChI=1S/C28H32F2N6O2/c1-17-8-24(29)23(28(37)34-20-2-3-20)10-27(17)36-14-19(12-32-36)18-9-21(13-31-11-18)33-26-4-6-35(16-25(26)30)15-22-5-7-38-22/h8-14,20,22,25-26,33H,2-7,15-16H2,1H3,(H,34,37). The summed E-state index contributed by atoms with van der Waals surface area (Å²) in [5, 5.41) is 10.6. The molecule has 2 aromatic heterocycles. The number of nitrogens with zero attached hydrogens (tertiary/aromatic N) is 4. The Bertz CT molecular complexity index is 1320. The van der Waals surface area contributed by atoms with Gasteiger partial charge in [-0.3, -0.25) is 14.7 Å². The third-order valence-corrected chi connectivity index (χ3v) is 7.58. The highest BCUT2D eigenvalue weighted by atomic mass is 19.1. The third kappa shape index (κ3) is 5.42. The van der Waals surface area contributed by atoms with E-state index in [1.807, 2.05) is 12.3 Å². The molecule has 4 heterocycles. The predicted octanol–water partition coefficient (Wildman–Crippen LogP) is 3.89. The van der Waals surface area contributed by atoms with Crippen molar-refractivity contribution in [2.24, 2.45) is 0 Å². The van der Waals surface area contributed by atoms with Crippen LogP contribution in [-0.2, 0) is 4.74 Å². The summed E-state index contributed by atoms with van der Waals surface area (Å²) < 4.78 is 36.7. The summed E-state index contributed by atoms with van der Waals surface area (Å²) in [5.41, 5.74) is 3.67. The first-order chi connectivity index (χ1) is 18.4. The second-order valence-corrected chi connectivity index (χ2v) is 10.6. The molecular formula is C28H32F2N6O2. The van der Waals surface area contributed by atoms with Crippen molar-refractivity contribution in [1.29, 1.82) is 0 Å². The first-order valence-electron chi connectivity index (χ1n) is 13.3. The van der Waals surface area contributed by atoms with Gasteiger partial charge in [-0.1, -0.05) is 0 Å². The fourth-order valence-corrected chi connectivity index (χ4v) is 5.08. The van der Waals surface area contributed by atoms with E-state index in [1.54, 1.807) is 36.3 Å². The van der Waals surface area contributed by atoms with Crippen LogP contribution in [0.15, 0.2) is 43.0 Å². The van der Waals surface area contributed by atoms with Crippen molar-refractivity contribution >= 4 is 11.6 Å². The number of hydrogen-bond donors (Lipinski definition) is 2. The lowest BCUT2D eigenvalue weighted by Gasteiger charge is -2.39. The second-order valence-electron chi connectivity index (χ2n) is 10.6. The number of benzene rings is 1. The van der Waals surface area contributed by atoms with Crippen molar-refractivity contribution in [2.45, 2.75) is 57.0 Å². The molecule has 3 unspecified atom stereocenters. The Hall–Kier alpha value is -3.37. The highest BCUT2D eigenvalue weighted by Crippen LogP contribution is 2.27. The molecule has 6 rings (SSSR count). The summed E-state index contributed by atoms with van der Waals surface area (Å²) in [5.74, 6) is -0.955. The minimum atomic E-state index is -0.983. The molecule has 1 amide bonds. The number of hydrogen-bond acceptors (Lipinski definition) is 6. The Morgan fingerprint density at radius 3 is 2.71 bits per heavy atom. The molecule has 38 heavy (non-hydrogen) atoms. The van der Waals surface area contributed by atoms with Crippen LogP contribution in [0, 0.1) is 12.7 Å². The van der Waals surface area contributed by atoms with E-state index in [9.17, 15) is 13.6 Å². The van der Waals surface area contributed by atoms with Crippen molar-refractivity contribution in [3.8, 4) is 16.8 Å². The predicted molar refractivity (Wildman–Crippen MR) is 140 cm³/mol. The van der Waals surface area contributed by atoms with Gasteiger partial charge in [-0.05, 0) is 56.4 Å². The van der Waals surface area contributed by atoms with Crippen molar-refractivity contribution in [1.82, 2.24) is 25.0 Å². The molecule has 1 aliphatic carbocycles. The molecule has 2 saturated heterocycles. The van der Waals surface area contributed by atoms with Crippen LogP contribution in [-0.4, -0.2) is 76.2 Å². The largest absolute Gasteiger partial charge is 0.378 e. The molecule has 0 radical (unpaired) electrons. The van der Waals surface area contributed by atoms with E-state index >= 15 is 0 Å². The van der Waals surface area contributed by atoms with E-state index in [2.05, 4.69) is 25.6 Å². The van der Waals surface area contributed by atoms with E-state index in [4.69, 9.17) is 4.74 Å². The van der Waals surface area contributed by atoms with Crippen molar-refractivity contribution < 1.29 is 18.3 Å². The number of aromatic nitrogens is 3. The van der Waals surface area contributed by atoms with Crippen molar-refractivity contribution in [2.75, 3.05) is 31.6 Å². The smallest absolute Gasteiger partial charge is 0.254 e. The maximum atomic E-state index is 15.0. The van der Waals surface area contributed by atoms with E-state index < -0.39 is 17.9 Å². The first kappa shape index (κ1) is 24.9. The number of anilines is 1. The van der Waals surface area contributed by atoms with Crippen LogP contribution >= 0.6 is 0 Å². The second kappa shape index (κ2) is 10.4. The fourth-order valence-electron chi connectivity index (χ4n) is 5.08. The van der Waals surface area contributed by atoms with Gasteiger partial charge in [0.05, 0.1) is 35.3 Å². The Labute approximate surface area is 220 Å². The average molecular weight is 523 g/mol. The molecule has 200 valence electrons. The number of rotatable bonds is 8. The fraction of sp³-hybridized carbons (Fsp3) is 0.464. The Balaban J connectivity index is 1.15. The van der Waals surface area contributed by atoms with Gasteiger partial charge in [-0.2, -0.15) is 5.10 Å². The summed E-state index contributed by atoms with van der Waals surface area (Å²) in [6, 6.07) is 4.69. The average Bonchev–Trinajstić information content (AvgIpc) is 3.55. The van der Waals surface area contributed by atoms with Gasteiger partial charge in [-0.25, -0.2) is 13.5 Å². The molecule has 8 nitrogen and oxygen atoms in total. The van der Waals surface area contributed by atoms with E-state index in [0.717, 1.165) is 55.8 Å². The zero-order chi connectivity index (χ0) is 26.2.